The number of halogens is 2. The van der Waals surface area contributed by atoms with Crippen LogP contribution in [0.4, 0.5) is 4.39 Å². The van der Waals surface area contributed by atoms with Crippen LogP contribution in [0.3, 0.4) is 0 Å². The highest BCUT2D eigenvalue weighted by atomic mass is 79.9. The lowest BCUT2D eigenvalue weighted by atomic mass is 9.89. The minimum Gasteiger partial charge on any atom is -0.339 e. The molecule has 0 radical (unpaired) electrons. The number of likely N-dealkylation sites (tertiary alicyclic amines) is 1. The van der Waals surface area contributed by atoms with Gasteiger partial charge in [0.1, 0.15) is 5.82 Å². The molecule has 0 atom stereocenters. The maximum Gasteiger partial charge on any atom is 0.253 e. The number of hydrogen-bond donors (Lipinski definition) is 1. The second-order valence-electron chi connectivity index (χ2n) is 5.23. The van der Waals surface area contributed by atoms with Gasteiger partial charge in [0.05, 0.1) is 4.47 Å². The summed E-state index contributed by atoms with van der Waals surface area (Å²) in [6.45, 7) is 3.57. The first-order valence-electron chi connectivity index (χ1n) is 6.38. The molecular formula is C14H18BrFN2O. The molecule has 0 aromatic heterocycles. The molecule has 1 aliphatic rings. The average Bonchev–Trinajstić information content (AvgIpc) is 2.42. The highest BCUT2D eigenvalue weighted by Crippen LogP contribution is 2.23. The van der Waals surface area contributed by atoms with E-state index in [1.165, 1.54) is 6.07 Å². The van der Waals surface area contributed by atoms with Crippen molar-refractivity contribution in [2.24, 2.45) is 0 Å². The van der Waals surface area contributed by atoms with Crippen LogP contribution in [0.5, 0.6) is 0 Å². The van der Waals surface area contributed by atoms with Crippen LogP contribution in [-0.4, -0.2) is 36.5 Å². The van der Waals surface area contributed by atoms with Crippen molar-refractivity contribution in [3.05, 3.63) is 34.1 Å². The van der Waals surface area contributed by atoms with E-state index in [4.69, 9.17) is 0 Å². The van der Waals surface area contributed by atoms with E-state index in [9.17, 15) is 9.18 Å². The van der Waals surface area contributed by atoms with Crippen LogP contribution >= 0.6 is 15.9 Å². The van der Waals surface area contributed by atoms with Crippen LogP contribution in [0.2, 0.25) is 0 Å². The van der Waals surface area contributed by atoms with Gasteiger partial charge in [-0.1, -0.05) is 0 Å². The fourth-order valence-corrected chi connectivity index (χ4v) is 2.51. The van der Waals surface area contributed by atoms with Crippen LogP contribution in [0, 0.1) is 5.82 Å². The minimum atomic E-state index is -0.400. The van der Waals surface area contributed by atoms with Crippen molar-refractivity contribution >= 4 is 21.8 Å². The van der Waals surface area contributed by atoms with Crippen molar-refractivity contribution in [2.45, 2.75) is 25.3 Å². The Morgan fingerprint density at radius 2 is 2.05 bits per heavy atom. The summed E-state index contributed by atoms with van der Waals surface area (Å²) in [5, 5.41) is 3.29. The first-order valence-corrected chi connectivity index (χ1v) is 7.18. The van der Waals surface area contributed by atoms with Crippen molar-refractivity contribution in [3.8, 4) is 0 Å². The largest absolute Gasteiger partial charge is 0.339 e. The van der Waals surface area contributed by atoms with Crippen molar-refractivity contribution < 1.29 is 9.18 Å². The molecule has 0 saturated carbocycles. The molecule has 1 aliphatic heterocycles. The van der Waals surface area contributed by atoms with Crippen LogP contribution in [0.25, 0.3) is 0 Å². The van der Waals surface area contributed by atoms with Gasteiger partial charge in [0.25, 0.3) is 5.91 Å². The van der Waals surface area contributed by atoms with Crippen LogP contribution in [0.1, 0.15) is 30.1 Å². The molecule has 1 amide bonds. The molecule has 1 fully saturated rings. The predicted octanol–water partition coefficient (Wildman–Crippen LogP) is 2.80. The molecule has 0 unspecified atom stereocenters. The van der Waals surface area contributed by atoms with Crippen LogP contribution in [0.15, 0.2) is 22.7 Å². The van der Waals surface area contributed by atoms with E-state index in [-0.39, 0.29) is 11.4 Å². The van der Waals surface area contributed by atoms with Gasteiger partial charge in [-0.3, -0.25) is 4.79 Å². The molecule has 1 aromatic rings. The zero-order valence-corrected chi connectivity index (χ0v) is 12.8. The minimum absolute atomic E-state index is 0.0930. The Labute approximate surface area is 121 Å². The summed E-state index contributed by atoms with van der Waals surface area (Å²) in [7, 11) is 1.95. The van der Waals surface area contributed by atoms with E-state index in [2.05, 4.69) is 28.2 Å². The Bertz CT molecular complexity index is 484. The summed E-state index contributed by atoms with van der Waals surface area (Å²) in [6, 6.07) is 4.52. The Morgan fingerprint density at radius 1 is 1.42 bits per heavy atom. The first-order chi connectivity index (χ1) is 8.95. The summed E-state index contributed by atoms with van der Waals surface area (Å²) in [5.74, 6) is -0.493. The number of carbonyl (C=O) groups is 1. The van der Waals surface area contributed by atoms with E-state index in [1.54, 1.807) is 17.0 Å². The number of nitrogens with zero attached hydrogens (tertiary/aromatic N) is 1. The number of rotatable bonds is 2. The lowest BCUT2D eigenvalue weighted by Gasteiger charge is -2.39. The van der Waals surface area contributed by atoms with Crippen molar-refractivity contribution in [1.82, 2.24) is 10.2 Å². The summed E-state index contributed by atoms with van der Waals surface area (Å²) in [5.41, 5.74) is 0.510. The molecular weight excluding hydrogens is 311 g/mol. The number of benzene rings is 1. The van der Waals surface area contributed by atoms with Crippen LogP contribution in [-0.2, 0) is 0 Å². The quantitative estimate of drug-likeness (QED) is 0.905. The second kappa shape index (κ2) is 5.59. The topological polar surface area (TPSA) is 32.3 Å². The summed E-state index contributed by atoms with van der Waals surface area (Å²) in [4.78, 5) is 14.1. The Kier molecular flexibility index (Phi) is 4.26. The zero-order valence-electron chi connectivity index (χ0n) is 11.2. The van der Waals surface area contributed by atoms with Gasteiger partial charge in [0.2, 0.25) is 0 Å². The predicted molar refractivity (Wildman–Crippen MR) is 76.7 cm³/mol. The zero-order chi connectivity index (χ0) is 14.0. The lowest BCUT2D eigenvalue weighted by Crippen LogP contribution is -2.51. The monoisotopic (exact) mass is 328 g/mol. The summed E-state index contributed by atoms with van der Waals surface area (Å²) < 4.78 is 13.8. The number of amides is 1. The summed E-state index contributed by atoms with van der Waals surface area (Å²) in [6.07, 6.45) is 1.82. The molecule has 19 heavy (non-hydrogen) atoms. The standard InChI is InChI=1S/C14H18BrFN2O/c1-14(17-2)5-7-18(8-6-14)13(19)10-3-4-11(15)12(16)9-10/h3-4,9,17H,5-8H2,1-2H3. The maximum absolute atomic E-state index is 13.5. The molecule has 0 bridgehead atoms. The SMILES string of the molecule is CNC1(C)CCN(C(=O)c2ccc(Br)c(F)c2)CC1. The molecule has 1 heterocycles. The van der Waals surface area contributed by atoms with E-state index in [0.717, 1.165) is 12.8 Å². The van der Waals surface area contributed by atoms with E-state index < -0.39 is 5.82 Å². The average molecular weight is 329 g/mol. The highest BCUT2D eigenvalue weighted by molar-refractivity contribution is 9.10. The van der Waals surface area contributed by atoms with Gasteiger partial charge in [-0.25, -0.2) is 4.39 Å². The Morgan fingerprint density at radius 3 is 2.58 bits per heavy atom. The molecule has 5 heteroatoms. The third-order valence-electron chi connectivity index (χ3n) is 3.92. The second-order valence-corrected chi connectivity index (χ2v) is 6.09. The van der Waals surface area contributed by atoms with E-state index in [1.807, 2.05) is 7.05 Å². The van der Waals surface area contributed by atoms with Gasteiger partial charge in [-0.05, 0) is 60.9 Å². The molecule has 0 spiro atoms. The summed E-state index contributed by atoms with van der Waals surface area (Å²) >= 11 is 3.09. The molecule has 104 valence electrons. The number of nitrogens with one attached hydrogen (secondary N) is 1. The fraction of sp³-hybridized carbons (Fsp3) is 0.500. The number of piperidine rings is 1. The van der Waals surface area contributed by atoms with Crippen molar-refractivity contribution in [1.29, 1.82) is 0 Å². The number of carbonyl (C=O) groups excluding carboxylic acids is 1. The van der Waals surface area contributed by atoms with Crippen LogP contribution < -0.4 is 5.32 Å². The first kappa shape index (κ1) is 14.5. The third kappa shape index (κ3) is 3.15. The fourth-order valence-electron chi connectivity index (χ4n) is 2.27. The molecule has 3 nitrogen and oxygen atoms in total. The maximum atomic E-state index is 13.5. The van der Waals surface area contributed by atoms with Crippen molar-refractivity contribution in [2.75, 3.05) is 20.1 Å². The lowest BCUT2D eigenvalue weighted by molar-refractivity contribution is 0.0661. The molecule has 1 aromatic carbocycles. The van der Waals surface area contributed by atoms with Gasteiger partial charge < -0.3 is 10.2 Å². The molecule has 0 aliphatic carbocycles. The normalized spacial score (nSPS) is 18.4. The Balaban J connectivity index is 2.07. The van der Waals surface area contributed by atoms with Gasteiger partial charge in [-0.15, -0.1) is 0 Å². The Hall–Kier alpha value is -0.940. The molecule has 2 rings (SSSR count). The number of hydrogen-bond acceptors (Lipinski definition) is 2. The third-order valence-corrected chi connectivity index (χ3v) is 4.57. The van der Waals surface area contributed by atoms with E-state index >= 15 is 0 Å². The van der Waals surface area contributed by atoms with E-state index in [0.29, 0.717) is 23.1 Å². The van der Waals surface area contributed by atoms with Crippen molar-refractivity contribution in [3.63, 3.8) is 0 Å². The molecule has 1 saturated heterocycles. The highest BCUT2D eigenvalue weighted by Gasteiger charge is 2.30. The van der Waals surface area contributed by atoms with Gasteiger partial charge in [0.15, 0.2) is 0 Å². The smallest absolute Gasteiger partial charge is 0.253 e. The molecule has 1 N–H and O–H groups in total. The van der Waals surface area contributed by atoms with Gasteiger partial charge >= 0.3 is 0 Å². The van der Waals surface area contributed by atoms with Gasteiger partial charge in [-0.2, -0.15) is 0 Å². The van der Waals surface area contributed by atoms with Gasteiger partial charge in [0, 0.05) is 24.2 Å².